The number of halogens is 1. The normalized spacial score (nSPS) is 17.3. The summed E-state index contributed by atoms with van der Waals surface area (Å²) >= 11 is 3.49. The number of ether oxygens (including phenoxy) is 1. The number of hydrogen-bond donors (Lipinski definition) is 1. The smallest absolute Gasteiger partial charge is 0.149 e. The summed E-state index contributed by atoms with van der Waals surface area (Å²) in [5.41, 5.74) is 7.99. The van der Waals surface area contributed by atoms with Crippen molar-refractivity contribution in [2.45, 2.75) is 12.3 Å². The lowest BCUT2D eigenvalue weighted by molar-refractivity contribution is 0.474. The zero-order valence-electron chi connectivity index (χ0n) is 9.77. The molecule has 0 spiro atoms. The molecule has 2 aromatic rings. The van der Waals surface area contributed by atoms with Gasteiger partial charge in [0.05, 0.1) is 5.69 Å². The van der Waals surface area contributed by atoms with Crippen molar-refractivity contribution < 1.29 is 4.74 Å². The minimum atomic E-state index is 0.205. The molecule has 3 rings (SSSR count). The molecule has 0 saturated heterocycles. The number of benzene rings is 1. The van der Waals surface area contributed by atoms with Gasteiger partial charge in [-0.1, -0.05) is 15.9 Å². The zero-order valence-corrected chi connectivity index (χ0v) is 11.4. The summed E-state index contributed by atoms with van der Waals surface area (Å²) in [6, 6.07) is 9.88. The van der Waals surface area contributed by atoms with Gasteiger partial charge in [-0.2, -0.15) is 0 Å². The molecule has 2 N–H and O–H groups in total. The Bertz CT molecular complexity index is 586. The monoisotopic (exact) mass is 304 g/mol. The molecule has 1 aromatic carbocycles. The Labute approximate surface area is 114 Å². The van der Waals surface area contributed by atoms with Gasteiger partial charge in [0.25, 0.3) is 0 Å². The number of fused-ring (bicyclic) bond motifs is 2. The second-order valence-corrected chi connectivity index (χ2v) is 5.29. The van der Waals surface area contributed by atoms with Crippen LogP contribution in [0.3, 0.4) is 0 Å². The van der Waals surface area contributed by atoms with Crippen LogP contribution >= 0.6 is 15.9 Å². The largest absolute Gasteiger partial charge is 0.455 e. The van der Waals surface area contributed by atoms with Crippen molar-refractivity contribution in [3.05, 3.63) is 52.3 Å². The van der Waals surface area contributed by atoms with E-state index in [1.165, 1.54) is 0 Å². The first-order valence-electron chi connectivity index (χ1n) is 5.89. The summed E-state index contributed by atoms with van der Waals surface area (Å²) in [4.78, 5) is 4.42. The molecule has 92 valence electrons. The molecule has 0 saturated carbocycles. The SMILES string of the molecule is NC[C@H]1Cc2cc(Br)ccc2Oc2cccnc21. The minimum Gasteiger partial charge on any atom is -0.455 e. The molecule has 1 aromatic heterocycles. The number of pyridine rings is 1. The standard InChI is InChI=1S/C14H13BrN2O/c15-11-3-4-12-9(7-11)6-10(8-16)14-13(18-12)2-1-5-17-14/h1-5,7,10H,6,8,16H2/t10-/m1/s1. The molecule has 0 unspecified atom stereocenters. The van der Waals surface area contributed by atoms with Gasteiger partial charge in [0.15, 0.2) is 0 Å². The maximum absolute atomic E-state index is 5.95. The van der Waals surface area contributed by atoms with Gasteiger partial charge in [-0.05, 0) is 42.3 Å². The number of nitrogens with two attached hydrogens (primary N) is 1. The number of aromatic nitrogens is 1. The quantitative estimate of drug-likeness (QED) is 0.880. The molecule has 18 heavy (non-hydrogen) atoms. The van der Waals surface area contributed by atoms with E-state index in [2.05, 4.69) is 27.0 Å². The maximum Gasteiger partial charge on any atom is 0.149 e. The number of nitrogens with zero attached hydrogens (tertiary/aromatic N) is 1. The Hall–Kier alpha value is -1.39. The van der Waals surface area contributed by atoms with Crippen LogP contribution in [0.2, 0.25) is 0 Å². The van der Waals surface area contributed by atoms with Gasteiger partial charge in [-0.25, -0.2) is 0 Å². The summed E-state index contributed by atoms with van der Waals surface area (Å²) in [7, 11) is 0. The van der Waals surface area contributed by atoms with Crippen LogP contribution in [0, 0.1) is 0 Å². The second kappa shape index (κ2) is 4.71. The van der Waals surface area contributed by atoms with Gasteiger partial charge in [0.2, 0.25) is 0 Å². The molecule has 0 fully saturated rings. The van der Waals surface area contributed by atoms with E-state index in [0.29, 0.717) is 6.54 Å². The van der Waals surface area contributed by atoms with E-state index in [0.717, 1.165) is 33.6 Å². The van der Waals surface area contributed by atoms with Crippen molar-refractivity contribution in [2.24, 2.45) is 5.73 Å². The van der Waals surface area contributed by atoms with Gasteiger partial charge in [0, 0.05) is 23.1 Å². The lowest BCUT2D eigenvalue weighted by Crippen LogP contribution is -2.15. The third-order valence-electron chi connectivity index (χ3n) is 3.18. The van der Waals surface area contributed by atoms with Crippen LogP contribution in [-0.4, -0.2) is 11.5 Å². The molecule has 4 heteroatoms. The van der Waals surface area contributed by atoms with Crippen LogP contribution in [-0.2, 0) is 6.42 Å². The molecule has 1 aliphatic rings. The van der Waals surface area contributed by atoms with Crippen molar-refractivity contribution in [1.82, 2.24) is 4.98 Å². The maximum atomic E-state index is 5.95. The molecule has 1 aliphatic heterocycles. The highest BCUT2D eigenvalue weighted by Crippen LogP contribution is 2.38. The molecule has 0 bridgehead atoms. The highest BCUT2D eigenvalue weighted by Gasteiger charge is 2.23. The Morgan fingerprint density at radius 1 is 1.33 bits per heavy atom. The Morgan fingerprint density at radius 3 is 3.06 bits per heavy atom. The predicted molar refractivity (Wildman–Crippen MR) is 74.0 cm³/mol. The summed E-state index contributed by atoms with van der Waals surface area (Å²) in [5, 5.41) is 0. The van der Waals surface area contributed by atoms with Crippen molar-refractivity contribution in [2.75, 3.05) is 6.54 Å². The van der Waals surface area contributed by atoms with Crippen molar-refractivity contribution in [1.29, 1.82) is 0 Å². The molecule has 0 amide bonds. The fourth-order valence-corrected chi connectivity index (χ4v) is 2.69. The van der Waals surface area contributed by atoms with Crippen LogP contribution in [0.4, 0.5) is 0 Å². The van der Waals surface area contributed by atoms with E-state index in [1.54, 1.807) is 6.20 Å². The number of hydrogen-bond acceptors (Lipinski definition) is 3. The van der Waals surface area contributed by atoms with E-state index in [1.807, 2.05) is 24.3 Å². The van der Waals surface area contributed by atoms with E-state index >= 15 is 0 Å². The van der Waals surface area contributed by atoms with Crippen LogP contribution in [0.25, 0.3) is 0 Å². The molecular weight excluding hydrogens is 292 g/mol. The summed E-state index contributed by atoms with van der Waals surface area (Å²) < 4.78 is 7.01. The third kappa shape index (κ3) is 2.02. The highest BCUT2D eigenvalue weighted by atomic mass is 79.9. The molecule has 1 atom stereocenters. The average molecular weight is 305 g/mol. The Balaban J connectivity index is 2.13. The van der Waals surface area contributed by atoms with E-state index in [4.69, 9.17) is 10.5 Å². The van der Waals surface area contributed by atoms with Crippen LogP contribution in [0.1, 0.15) is 17.2 Å². The minimum absolute atomic E-state index is 0.205. The molecule has 0 aliphatic carbocycles. The molecule has 2 heterocycles. The summed E-state index contributed by atoms with van der Waals surface area (Å²) in [6.45, 7) is 0.569. The first-order valence-corrected chi connectivity index (χ1v) is 6.68. The van der Waals surface area contributed by atoms with Crippen molar-refractivity contribution in [3.8, 4) is 11.5 Å². The summed E-state index contributed by atoms with van der Waals surface area (Å²) in [6.07, 6.45) is 2.64. The molecule has 3 nitrogen and oxygen atoms in total. The fourth-order valence-electron chi connectivity index (χ4n) is 2.28. The average Bonchev–Trinajstić information content (AvgIpc) is 2.54. The second-order valence-electron chi connectivity index (χ2n) is 4.38. The third-order valence-corrected chi connectivity index (χ3v) is 3.67. The van der Waals surface area contributed by atoms with Gasteiger partial charge in [-0.15, -0.1) is 0 Å². The van der Waals surface area contributed by atoms with Crippen LogP contribution < -0.4 is 10.5 Å². The first kappa shape index (κ1) is 11.7. The first-order chi connectivity index (χ1) is 8.78. The van der Waals surface area contributed by atoms with Gasteiger partial charge in [0.1, 0.15) is 11.5 Å². The zero-order chi connectivity index (χ0) is 12.5. The molecular formula is C14H13BrN2O. The van der Waals surface area contributed by atoms with E-state index in [-0.39, 0.29) is 5.92 Å². The topological polar surface area (TPSA) is 48.1 Å². The summed E-state index contributed by atoms with van der Waals surface area (Å²) in [5.74, 6) is 1.91. The van der Waals surface area contributed by atoms with Gasteiger partial charge < -0.3 is 10.5 Å². The van der Waals surface area contributed by atoms with Crippen LogP contribution in [0.15, 0.2) is 41.0 Å². The highest BCUT2D eigenvalue weighted by molar-refractivity contribution is 9.10. The van der Waals surface area contributed by atoms with Gasteiger partial charge >= 0.3 is 0 Å². The lowest BCUT2D eigenvalue weighted by Gasteiger charge is -2.12. The molecule has 0 radical (unpaired) electrons. The van der Waals surface area contributed by atoms with E-state index < -0.39 is 0 Å². The van der Waals surface area contributed by atoms with Gasteiger partial charge in [-0.3, -0.25) is 4.98 Å². The van der Waals surface area contributed by atoms with Crippen LogP contribution in [0.5, 0.6) is 11.5 Å². The fraction of sp³-hybridized carbons (Fsp3) is 0.214. The predicted octanol–water partition coefficient (Wildman–Crippen LogP) is 3.23. The number of rotatable bonds is 1. The Kier molecular flexibility index (Phi) is 3.06. The lowest BCUT2D eigenvalue weighted by atomic mass is 9.96. The Morgan fingerprint density at radius 2 is 2.22 bits per heavy atom. The van der Waals surface area contributed by atoms with Crippen molar-refractivity contribution in [3.63, 3.8) is 0 Å². The van der Waals surface area contributed by atoms with E-state index in [9.17, 15) is 0 Å². The van der Waals surface area contributed by atoms with Crippen molar-refractivity contribution >= 4 is 15.9 Å².